The Bertz CT molecular complexity index is 396. The van der Waals surface area contributed by atoms with E-state index in [9.17, 15) is 9.90 Å². The predicted molar refractivity (Wildman–Crippen MR) is 81.2 cm³/mol. The lowest BCUT2D eigenvalue weighted by Gasteiger charge is -2.15. The van der Waals surface area contributed by atoms with Gasteiger partial charge in [-0.2, -0.15) is 0 Å². The fourth-order valence-corrected chi connectivity index (χ4v) is 1.53. The maximum atomic E-state index is 10.7. The van der Waals surface area contributed by atoms with Crippen LogP contribution in [-0.2, 0) is 11.2 Å². The molecule has 6 heteroatoms. The predicted octanol–water partition coefficient (Wildman–Crippen LogP) is 0.874. The number of ether oxygens (including phenoxy) is 1. The van der Waals surface area contributed by atoms with Gasteiger partial charge in [0.25, 0.3) is 0 Å². The van der Waals surface area contributed by atoms with Crippen molar-refractivity contribution >= 4 is 18.3 Å². The zero-order valence-electron chi connectivity index (χ0n) is 11.8. The Hall–Kier alpha value is -1.30. The van der Waals surface area contributed by atoms with Gasteiger partial charge in [0.15, 0.2) is 0 Å². The van der Waals surface area contributed by atoms with Gasteiger partial charge in [-0.25, -0.2) is 0 Å². The molecule has 0 aliphatic rings. The number of benzene rings is 1. The number of hydrogen-bond acceptors (Lipinski definition) is 4. The maximum absolute atomic E-state index is 10.7. The van der Waals surface area contributed by atoms with E-state index in [1.807, 2.05) is 13.8 Å². The maximum Gasteiger partial charge on any atom is 0.221 e. The SMILES string of the molecule is CC(C)NC[C@@H](O)COc1ccc(CC(N)=O)cc1.Cl. The molecule has 4 N–H and O–H groups in total. The summed E-state index contributed by atoms with van der Waals surface area (Å²) in [6.07, 6.45) is -0.325. The van der Waals surface area contributed by atoms with Crippen LogP contribution in [-0.4, -0.2) is 36.3 Å². The summed E-state index contributed by atoms with van der Waals surface area (Å²) in [5, 5.41) is 12.8. The van der Waals surface area contributed by atoms with Crippen LogP contribution >= 0.6 is 12.4 Å². The van der Waals surface area contributed by atoms with E-state index in [0.29, 0.717) is 18.3 Å². The molecule has 114 valence electrons. The Balaban J connectivity index is 0.00000361. The lowest BCUT2D eigenvalue weighted by atomic mass is 10.1. The smallest absolute Gasteiger partial charge is 0.221 e. The number of carbonyl (C=O) groups excluding carboxylic acids is 1. The van der Waals surface area contributed by atoms with Gasteiger partial charge in [0.1, 0.15) is 18.5 Å². The molecule has 0 unspecified atom stereocenters. The zero-order chi connectivity index (χ0) is 14.3. The van der Waals surface area contributed by atoms with Crippen molar-refractivity contribution in [3.05, 3.63) is 29.8 Å². The second-order valence-electron chi connectivity index (χ2n) is 4.81. The van der Waals surface area contributed by atoms with Crippen molar-refractivity contribution in [1.29, 1.82) is 0 Å². The number of amides is 1. The van der Waals surface area contributed by atoms with Gasteiger partial charge in [-0.15, -0.1) is 12.4 Å². The Kier molecular flexibility index (Phi) is 8.96. The molecular formula is C14H23ClN2O3. The highest BCUT2D eigenvalue weighted by molar-refractivity contribution is 5.85. The molecule has 0 fully saturated rings. The first-order valence-corrected chi connectivity index (χ1v) is 6.39. The number of primary amides is 1. The molecule has 5 nitrogen and oxygen atoms in total. The van der Waals surface area contributed by atoms with E-state index in [0.717, 1.165) is 5.56 Å². The summed E-state index contributed by atoms with van der Waals surface area (Å²) < 4.78 is 5.45. The van der Waals surface area contributed by atoms with Crippen molar-refractivity contribution in [2.45, 2.75) is 32.4 Å². The van der Waals surface area contributed by atoms with Crippen LogP contribution in [0.2, 0.25) is 0 Å². The number of carbonyl (C=O) groups is 1. The number of aliphatic hydroxyl groups excluding tert-OH is 1. The minimum Gasteiger partial charge on any atom is -0.491 e. The van der Waals surface area contributed by atoms with Gasteiger partial charge in [-0.3, -0.25) is 4.79 Å². The van der Waals surface area contributed by atoms with Gasteiger partial charge < -0.3 is 20.9 Å². The van der Waals surface area contributed by atoms with Crippen LogP contribution in [0, 0.1) is 0 Å². The molecule has 1 rings (SSSR count). The number of hydrogen-bond donors (Lipinski definition) is 3. The van der Waals surface area contributed by atoms with Crippen LogP contribution in [0.1, 0.15) is 19.4 Å². The highest BCUT2D eigenvalue weighted by Gasteiger charge is 2.06. The molecule has 0 heterocycles. The molecule has 1 amide bonds. The molecule has 0 radical (unpaired) electrons. The fourth-order valence-electron chi connectivity index (χ4n) is 1.53. The van der Waals surface area contributed by atoms with E-state index in [2.05, 4.69) is 5.32 Å². The van der Waals surface area contributed by atoms with E-state index in [4.69, 9.17) is 10.5 Å². The van der Waals surface area contributed by atoms with Gasteiger partial charge in [-0.1, -0.05) is 26.0 Å². The van der Waals surface area contributed by atoms with Crippen molar-refractivity contribution in [2.75, 3.05) is 13.2 Å². The number of nitrogens with two attached hydrogens (primary N) is 1. The Labute approximate surface area is 125 Å². The molecule has 1 aromatic rings. The number of nitrogens with one attached hydrogen (secondary N) is 1. The van der Waals surface area contributed by atoms with Gasteiger partial charge in [-0.05, 0) is 17.7 Å². The monoisotopic (exact) mass is 302 g/mol. The van der Waals surface area contributed by atoms with Crippen LogP contribution in [0.3, 0.4) is 0 Å². The lowest BCUT2D eigenvalue weighted by molar-refractivity contribution is -0.117. The van der Waals surface area contributed by atoms with Crippen LogP contribution in [0.25, 0.3) is 0 Å². The number of aliphatic hydroxyl groups is 1. The van der Waals surface area contributed by atoms with E-state index in [-0.39, 0.29) is 31.3 Å². The van der Waals surface area contributed by atoms with E-state index >= 15 is 0 Å². The third-order valence-electron chi connectivity index (χ3n) is 2.51. The largest absolute Gasteiger partial charge is 0.491 e. The minimum absolute atomic E-state index is 0. The molecule has 20 heavy (non-hydrogen) atoms. The molecule has 0 bridgehead atoms. The van der Waals surface area contributed by atoms with E-state index < -0.39 is 6.10 Å². The van der Waals surface area contributed by atoms with Crippen molar-refractivity contribution < 1.29 is 14.6 Å². The van der Waals surface area contributed by atoms with Gasteiger partial charge >= 0.3 is 0 Å². The average Bonchev–Trinajstić information content (AvgIpc) is 2.35. The van der Waals surface area contributed by atoms with Gasteiger partial charge in [0.05, 0.1) is 6.42 Å². The molecule has 1 atom stereocenters. The molecule has 1 aromatic carbocycles. The summed E-state index contributed by atoms with van der Waals surface area (Å²) in [4.78, 5) is 10.7. The molecule has 0 aliphatic heterocycles. The molecular weight excluding hydrogens is 280 g/mol. The van der Waals surface area contributed by atoms with Crippen LogP contribution in [0.5, 0.6) is 5.75 Å². The lowest BCUT2D eigenvalue weighted by Crippen LogP contribution is -2.35. The first-order chi connectivity index (χ1) is 8.97. The standard InChI is InChI=1S/C14H22N2O3.ClH/c1-10(2)16-8-12(17)9-19-13-5-3-11(4-6-13)7-14(15)18;/h3-6,10,12,16-17H,7-9H2,1-2H3,(H2,15,18);1H/t12-;/m1./s1. The topological polar surface area (TPSA) is 84.6 Å². The van der Waals surface area contributed by atoms with Gasteiger partial charge in [0, 0.05) is 12.6 Å². The van der Waals surface area contributed by atoms with Crippen LogP contribution in [0.4, 0.5) is 0 Å². The Morgan fingerprint density at radius 3 is 2.45 bits per heavy atom. The fraction of sp³-hybridized carbons (Fsp3) is 0.500. The first kappa shape index (κ1) is 18.7. The summed E-state index contributed by atoms with van der Waals surface area (Å²) in [5.74, 6) is 0.306. The highest BCUT2D eigenvalue weighted by Crippen LogP contribution is 2.12. The van der Waals surface area contributed by atoms with E-state index in [1.54, 1.807) is 24.3 Å². The van der Waals surface area contributed by atoms with Crippen molar-refractivity contribution in [3.8, 4) is 5.75 Å². The van der Waals surface area contributed by atoms with Crippen molar-refractivity contribution in [3.63, 3.8) is 0 Å². The van der Waals surface area contributed by atoms with Crippen LogP contribution < -0.4 is 15.8 Å². The summed E-state index contributed by atoms with van der Waals surface area (Å²) in [7, 11) is 0. The first-order valence-electron chi connectivity index (χ1n) is 6.39. The Morgan fingerprint density at radius 1 is 1.35 bits per heavy atom. The summed E-state index contributed by atoms with van der Waals surface area (Å²) in [5.41, 5.74) is 5.96. The average molecular weight is 303 g/mol. The molecule has 0 spiro atoms. The Morgan fingerprint density at radius 2 is 1.95 bits per heavy atom. The molecule has 0 aliphatic carbocycles. The summed E-state index contributed by atoms with van der Waals surface area (Å²) >= 11 is 0. The normalized spacial score (nSPS) is 11.8. The van der Waals surface area contributed by atoms with E-state index in [1.165, 1.54) is 0 Å². The van der Waals surface area contributed by atoms with Crippen LogP contribution in [0.15, 0.2) is 24.3 Å². The highest BCUT2D eigenvalue weighted by atomic mass is 35.5. The van der Waals surface area contributed by atoms with Gasteiger partial charge in [0.2, 0.25) is 5.91 Å². The number of rotatable bonds is 8. The third kappa shape index (κ3) is 7.99. The summed E-state index contributed by atoms with van der Waals surface area (Å²) in [6.45, 7) is 4.77. The minimum atomic E-state index is -0.548. The third-order valence-corrected chi connectivity index (χ3v) is 2.51. The quantitative estimate of drug-likeness (QED) is 0.665. The molecule has 0 saturated heterocycles. The second kappa shape index (κ2) is 9.58. The van der Waals surface area contributed by atoms with Crippen molar-refractivity contribution in [2.24, 2.45) is 5.73 Å². The van der Waals surface area contributed by atoms with Crippen molar-refractivity contribution in [1.82, 2.24) is 5.32 Å². The zero-order valence-corrected chi connectivity index (χ0v) is 12.7. The summed E-state index contributed by atoms with van der Waals surface area (Å²) in [6, 6.07) is 7.45. The molecule has 0 saturated carbocycles. The number of halogens is 1. The second-order valence-corrected chi connectivity index (χ2v) is 4.81. The molecule has 0 aromatic heterocycles.